The minimum atomic E-state index is 0.664. The molecule has 0 unspecified atom stereocenters. The number of anilines is 1. The van der Waals surface area contributed by atoms with Gasteiger partial charge in [0.05, 0.1) is 6.20 Å². The van der Waals surface area contributed by atoms with Crippen molar-refractivity contribution < 1.29 is 4.42 Å². The Labute approximate surface area is 108 Å². The number of nitrogen functional groups attached to an aromatic ring is 1. The van der Waals surface area contributed by atoms with Crippen LogP contribution in [0.25, 0.3) is 11.3 Å². The summed E-state index contributed by atoms with van der Waals surface area (Å²) in [5.41, 5.74) is 7.33. The minimum Gasteiger partial charge on any atom is -0.441 e. The van der Waals surface area contributed by atoms with E-state index in [1.165, 1.54) is 0 Å². The largest absolute Gasteiger partial charge is 0.441 e. The van der Waals surface area contributed by atoms with Crippen molar-refractivity contribution in [2.75, 3.05) is 18.8 Å². The fraction of sp³-hybridized carbons (Fsp3) is 0.357. The molecule has 0 aliphatic heterocycles. The van der Waals surface area contributed by atoms with Crippen molar-refractivity contribution in [2.45, 2.75) is 20.8 Å². The van der Waals surface area contributed by atoms with Crippen LogP contribution in [0.1, 0.15) is 19.7 Å². The van der Waals surface area contributed by atoms with E-state index in [4.69, 9.17) is 10.2 Å². The van der Waals surface area contributed by atoms with E-state index in [0.717, 1.165) is 30.1 Å². The van der Waals surface area contributed by atoms with Crippen molar-refractivity contribution in [3.63, 3.8) is 0 Å². The van der Waals surface area contributed by atoms with Crippen molar-refractivity contribution in [3.8, 4) is 11.3 Å². The predicted octanol–water partition coefficient (Wildman–Crippen LogP) is 2.85. The smallest absolute Gasteiger partial charge is 0.191 e. The molecule has 0 aliphatic rings. The first-order valence-electron chi connectivity index (χ1n) is 6.16. The number of aryl methyl sites for hydroxylation is 1. The van der Waals surface area contributed by atoms with Crippen LogP contribution in [0.5, 0.6) is 0 Å². The zero-order chi connectivity index (χ0) is 13.4. The summed E-state index contributed by atoms with van der Waals surface area (Å²) in [7, 11) is 0. The molecule has 18 heavy (non-hydrogen) atoms. The monoisotopic (exact) mass is 247 g/mol. The maximum atomic E-state index is 5.64. The molecule has 0 spiro atoms. The second kappa shape index (κ2) is 7.50. The van der Waals surface area contributed by atoms with Crippen molar-refractivity contribution in [1.82, 2.24) is 10.3 Å². The summed E-state index contributed by atoms with van der Waals surface area (Å²) in [6, 6.07) is 7.53. The van der Waals surface area contributed by atoms with Crippen LogP contribution in [-0.2, 0) is 0 Å². The molecule has 2 rings (SSSR count). The van der Waals surface area contributed by atoms with Gasteiger partial charge in [-0.3, -0.25) is 0 Å². The fourth-order valence-corrected chi connectivity index (χ4v) is 1.44. The van der Waals surface area contributed by atoms with Gasteiger partial charge in [-0.15, -0.1) is 0 Å². The molecule has 0 aliphatic carbocycles. The van der Waals surface area contributed by atoms with Crippen LogP contribution in [0.15, 0.2) is 34.9 Å². The van der Waals surface area contributed by atoms with Crippen LogP contribution in [0.4, 0.5) is 5.69 Å². The highest BCUT2D eigenvalue weighted by Crippen LogP contribution is 2.21. The Morgan fingerprint density at radius 2 is 2.00 bits per heavy atom. The van der Waals surface area contributed by atoms with E-state index in [1.54, 1.807) is 6.20 Å². The first-order valence-corrected chi connectivity index (χ1v) is 6.16. The predicted molar refractivity (Wildman–Crippen MR) is 75.3 cm³/mol. The molecule has 1 aromatic heterocycles. The molecule has 4 heteroatoms. The molecule has 1 heterocycles. The van der Waals surface area contributed by atoms with Gasteiger partial charge in [0.2, 0.25) is 0 Å². The first kappa shape index (κ1) is 14.3. The van der Waals surface area contributed by atoms with Gasteiger partial charge in [-0.25, -0.2) is 4.98 Å². The lowest BCUT2D eigenvalue weighted by Crippen LogP contribution is -2.09. The molecule has 0 radical (unpaired) electrons. The standard InChI is InChI=1S/C10H10N2O.C4H11N/c1-7-12-6-10(13-7)8-3-2-4-9(11)5-8;1-3-5-4-2/h2-6H,11H2,1H3;5H,3-4H2,1-2H3. The fourth-order valence-electron chi connectivity index (χ4n) is 1.44. The number of hydrogen-bond acceptors (Lipinski definition) is 4. The van der Waals surface area contributed by atoms with Gasteiger partial charge in [0, 0.05) is 18.2 Å². The Kier molecular flexibility index (Phi) is 5.94. The number of nitrogens with one attached hydrogen (secondary N) is 1. The molecule has 98 valence electrons. The maximum Gasteiger partial charge on any atom is 0.191 e. The number of nitrogens with zero attached hydrogens (tertiary/aromatic N) is 1. The lowest BCUT2D eigenvalue weighted by molar-refractivity contribution is 0.534. The lowest BCUT2D eigenvalue weighted by atomic mass is 10.2. The summed E-state index contributed by atoms with van der Waals surface area (Å²) in [5, 5.41) is 3.11. The SMILES string of the molecule is CCNCC.Cc1ncc(-c2cccc(N)c2)o1. The summed E-state index contributed by atoms with van der Waals surface area (Å²) >= 11 is 0. The van der Waals surface area contributed by atoms with Crippen LogP contribution in [0, 0.1) is 6.92 Å². The van der Waals surface area contributed by atoms with E-state index in [-0.39, 0.29) is 0 Å². The Bertz CT molecular complexity index is 464. The van der Waals surface area contributed by atoms with E-state index >= 15 is 0 Å². The van der Waals surface area contributed by atoms with Crippen molar-refractivity contribution in [2.24, 2.45) is 0 Å². The van der Waals surface area contributed by atoms with Crippen LogP contribution in [-0.4, -0.2) is 18.1 Å². The number of nitrogens with two attached hydrogens (primary N) is 1. The molecule has 4 nitrogen and oxygen atoms in total. The molecule has 1 aromatic carbocycles. The number of benzene rings is 1. The van der Waals surface area contributed by atoms with Gasteiger partial charge < -0.3 is 15.5 Å². The zero-order valence-corrected chi connectivity index (χ0v) is 11.2. The second-order valence-electron chi connectivity index (χ2n) is 3.83. The summed E-state index contributed by atoms with van der Waals surface area (Å²) in [6.45, 7) is 8.20. The molecule has 0 amide bonds. The molecular weight excluding hydrogens is 226 g/mol. The van der Waals surface area contributed by atoms with Gasteiger partial charge in [-0.1, -0.05) is 26.0 Å². The van der Waals surface area contributed by atoms with E-state index in [9.17, 15) is 0 Å². The highest BCUT2D eigenvalue weighted by Gasteiger charge is 2.02. The van der Waals surface area contributed by atoms with E-state index in [2.05, 4.69) is 24.1 Å². The Morgan fingerprint density at radius 1 is 1.28 bits per heavy atom. The number of aromatic nitrogens is 1. The van der Waals surface area contributed by atoms with Gasteiger partial charge in [0.25, 0.3) is 0 Å². The maximum absolute atomic E-state index is 5.64. The minimum absolute atomic E-state index is 0.664. The second-order valence-corrected chi connectivity index (χ2v) is 3.83. The van der Waals surface area contributed by atoms with E-state index < -0.39 is 0 Å². The van der Waals surface area contributed by atoms with Crippen LogP contribution in [0.3, 0.4) is 0 Å². The third-order valence-electron chi connectivity index (χ3n) is 2.29. The number of oxazole rings is 1. The van der Waals surface area contributed by atoms with E-state index in [0.29, 0.717) is 5.89 Å². The van der Waals surface area contributed by atoms with Gasteiger partial charge in [-0.2, -0.15) is 0 Å². The zero-order valence-electron chi connectivity index (χ0n) is 11.2. The van der Waals surface area contributed by atoms with Gasteiger partial charge in [-0.05, 0) is 25.2 Å². The summed E-state index contributed by atoms with van der Waals surface area (Å²) < 4.78 is 5.36. The molecule has 0 fully saturated rings. The van der Waals surface area contributed by atoms with Crippen molar-refractivity contribution in [3.05, 3.63) is 36.4 Å². The Hall–Kier alpha value is -1.81. The highest BCUT2D eigenvalue weighted by atomic mass is 16.4. The third kappa shape index (κ3) is 4.59. The lowest BCUT2D eigenvalue weighted by Gasteiger charge is -1.96. The molecule has 0 saturated carbocycles. The molecule has 2 aromatic rings. The van der Waals surface area contributed by atoms with Crippen molar-refractivity contribution >= 4 is 5.69 Å². The average Bonchev–Trinajstić information content (AvgIpc) is 2.78. The molecule has 0 bridgehead atoms. The molecular formula is C14H21N3O. The molecule has 0 atom stereocenters. The molecule has 0 saturated heterocycles. The Balaban J connectivity index is 0.000000280. The third-order valence-corrected chi connectivity index (χ3v) is 2.29. The average molecular weight is 247 g/mol. The highest BCUT2D eigenvalue weighted by molar-refractivity contribution is 5.61. The van der Waals surface area contributed by atoms with E-state index in [1.807, 2.05) is 31.2 Å². The summed E-state index contributed by atoms with van der Waals surface area (Å²) in [4.78, 5) is 4.02. The summed E-state index contributed by atoms with van der Waals surface area (Å²) in [6.07, 6.45) is 1.70. The Morgan fingerprint density at radius 3 is 2.44 bits per heavy atom. The first-order chi connectivity index (χ1) is 8.67. The normalized spacial score (nSPS) is 9.72. The van der Waals surface area contributed by atoms with Crippen molar-refractivity contribution in [1.29, 1.82) is 0 Å². The van der Waals surface area contributed by atoms with Crippen LogP contribution >= 0.6 is 0 Å². The number of rotatable bonds is 3. The van der Waals surface area contributed by atoms with Gasteiger partial charge in [0.15, 0.2) is 11.7 Å². The molecule has 3 N–H and O–H groups in total. The quantitative estimate of drug-likeness (QED) is 0.819. The van der Waals surface area contributed by atoms with Gasteiger partial charge >= 0.3 is 0 Å². The topological polar surface area (TPSA) is 64.1 Å². The van der Waals surface area contributed by atoms with Crippen LogP contribution < -0.4 is 11.1 Å². The van der Waals surface area contributed by atoms with Crippen LogP contribution in [0.2, 0.25) is 0 Å². The number of hydrogen-bond donors (Lipinski definition) is 2. The summed E-state index contributed by atoms with van der Waals surface area (Å²) in [5.74, 6) is 1.42. The van der Waals surface area contributed by atoms with Gasteiger partial charge in [0.1, 0.15) is 0 Å².